The van der Waals surface area contributed by atoms with Crippen LogP contribution in [0.1, 0.15) is 31.7 Å². The number of carbonyl (C=O) groups excluding carboxylic acids is 1. The Kier molecular flexibility index (Phi) is 6.12. The molecule has 3 nitrogen and oxygen atoms in total. The molecule has 1 aromatic carbocycles. The van der Waals surface area contributed by atoms with E-state index in [4.69, 9.17) is 5.73 Å². The zero-order valence-corrected chi connectivity index (χ0v) is 13.8. The number of rotatable bonds is 6. The van der Waals surface area contributed by atoms with E-state index in [0.29, 0.717) is 17.7 Å². The van der Waals surface area contributed by atoms with Gasteiger partial charge in [0.15, 0.2) is 0 Å². The van der Waals surface area contributed by atoms with E-state index in [2.05, 4.69) is 6.92 Å². The average Bonchev–Trinajstić information content (AvgIpc) is 2.95. The molecule has 2 N–H and O–H groups in total. The van der Waals surface area contributed by atoms with Crippen LogP contribution in [-0.2, 0) is 11.2 Å². The van der Waals surface area contributed by atoms with Gasteiger partial charge in [-0.05, 0) is 37.0 Å². The number of benzene rings is 1. The van der Waals surface area contributed by atoms with E-state index in [1.54, 1.807) is 0 Å². The van der Waals surface area contributed by atoms with E-state index in [-0.39, 0.29) is 5.91 Å². The highest BCUT2D eigenvalue weighted by atomic mass is 32.2. The summed E-state index contributed by atoms with van der Waals surface area (Å²) in [6.45, 7) is 2.20. The monoisotopic (exact) mass is 306 g/mol. The molecule has 1 fully saturated rings. The van der Waals surface area contributed by atoms with Crippen molar-refractivity contribution >= 4 is 17.7 Å². The molecule has 0 heterocycles. The topological polar surface area (TPSA) is 46.3 Å². The summed E-state index contributed by atoms with van der Waals surface area (Å²) in [6, 6.07) is 9.93. The third kappa shape index (κ3) is 4.48. The molecular formula is C17H26N2OS. The molecule has 21 heavy (non-hydrogen) atoms. The van der Waals surface area contributed by atoms with Crippen molar-refractivity contribution < 1.29 is 4.79 Å². The number of likely N-dealkylation sites (N-methyl/N-ethyl adjacent to an activating group) is 1. The molecule has 0 bridgehead atoms. The first kappa shape index (κ1) is 16.4. The Morgan fingerprint density at radius 1 is 1.38 bits per heavy atom. The van der Waals surface area contributed by atoms with Crippen LogP contribution in [0.4, 0.5) is 0 Å². The van der Waals surface area contributed by atoms with Crippen LogP contribution in [-0.4, -0.2) is 40.9 Å². The summed E-state index contributed by atoms with van der Waals surface area (Å²) in [7, 11) is 1.91. The lowest BCUT2D eigenvalue weighted by atomic mass is 10.0. The Bertz CT molecular complexity index is 451. The molecule has 0 radical (unpaired) electrons. The molecule has 1 amide bonds. The Morgan fingerprint density at radius 2 is 2.10 bits per heavy atom. The largest absolute Gasteiger partial charge is 0.341 e. The number of hydrogen-bond acceptors (Lipinski definition) is 3. The molecule has 1 aliphatic rings. The van der Waals surface area contributed by atoms with Gasteiger partial charge in [0.2, 0.25) is 5.91 Å². The summed E-state index contributed by atoms with van der Waals surface area (Å²) >= 11 is 2.01. The molecule has 0 aromatic heterocycles. The summed E-state index contributed by atoms with van der Waals surface area (Å²) in [6.07, 6.45) is 4.05. The number of carbonyl (C=O) groups is 1. The van der Waals surface area contributed by atoms with Gasteiger partial charge in [0.25, 0.3) is 0 Å². The summed E-state index contributed by atoms with van der Waals surface area (Å²) in [5.41, 5.74) is 7.24. The molecule has 0 spiro atoms. The van der Waals surface area contributed by atoms with Crippen LogP contribution in [0.25, 0.3) is 0 Å². The predicted molar refractivity (Wildman–Crippen MR) is 90.5 cm³/mol. The van der Waals surface area contributed by atoms with E-state index >= 15 is 0 Å². The highest BCUT2D eigenvalue weighted by Crippen LogP contribution is 2.32. The minimum Gasteiger partial charge on any atom is -0.341 e. The van der Waals surface area contributed by atoms with Gasteiger partial charge in [0.05, 0.1) is 6.04 Å². The van der Waals surface area contributed by atoms with Crippen LogP contribution in [0.5, 0.6) is 0 Å². The summed E-state index contributed by atoms with van der Waals surface area (Å²) in [4.78, 5) is 14.4. The fraction of sp³-hybridized carbons (Fsp3) is 0.588. The average molecular weight is 306 g/mol. The maximum atomic E-state index is 12.5. The summed E-state index contributed by atoms with van der Waals surface area (Å²) in [5.74, 6) is 1.23. The van der Waals surface area contributed by atoms with Gasteiger partial charge in [-0.15, -0.1) is 0 Å². The number of amides is 1. The normalized spacial score (nSPS) is 23.0. The summed E-state index contributed by atoms with van der Waals surface area (Å²) < 4.78 is 0. The molecule has 4 heteroatoms. The number of nitrogens with two attached hydrogens (primary N) is 1. The van der Waals surface area contributed by atoms with Crippen LogP contribution < -0.4 is 5.73 Å². The first-order valence-corrected chi connectivity index (χ1v) is 8.84. The Morgan fingerprint density at radius 3 is 2.76 bits per heavy atom. The molecule has 0 saturated heterocycles. The fourth-order valence-corrected chi connectivity index (χ4v) is 4.19. The second-order valence-electron chi connectivity index (χ2n) is 5.79. The van der Waals surface area contributed by atoms with Gasteiger partial charge in [-0.25, -0.2) is 0 Å². The van der Waals surface area contributed by atoms with E-state index in [0.717, 1.165) is 24.2 Å². The van der Waals surface area contributed by atoms with Crippen molar-refractivity contribution in [2.45, 2.75) is 49.9 Å². The quantitative estimate of drug-likeness (QED) is 0.879. The lowest BCUT2D eigenvalue weighted by Gasteiger charge is -2.27. The Hall–Kier alpha value is -1.00. The molecule has 0 aliphatic heterocycles. The number of thioether (sulfide) groups is 1. The maximum absolute atomic E-state index is 12.5. The van der Waals surface area contributed by atoms with Gasteiger partial charge in [-0.3, -0.25) is 4.79 Å². The lowest BCUT2D eigenvalue weighted by molar-refractivity contribution is -0.133. The Labute approximate surface area is 132 Å². The predicted octanol–water partition coefficient (Wildman–Crippen LogP) is 2.69. The zero-order chi connectivity index (χ0) is 15.2. The van der Waals surface area contributed by atoms with Crippen LogP contribution in [0.2, 0.25) is 0 Å². The molecule has 0 unspecified atom stereocenters. The van der Waals surface area contributed by atoms with E-state index in [9.17, 15) is 4.79 Å². The third-order valence-electron chi connectivity index (χ3n) is 4.27. The van der Waals surface area contributed by atoms with E-state index < -0.39 is 6.04 Å². The molecule has 2 rings (SSSR count). The highest BCUT2D eigenvalue weighted by Gasteiger charge is 2.31. The molecule has 116 valence electrons. The van der Waals surface area contributed by atoms with Crippen molar-refractivity contribution in [3.63, 3.8) is 0 Å². The summed E-state index contributed by atoms with van der Waals surface area (Å²) in [5, 5.41) is 0.709. The van der Waals surface area contributed by atoms with E-state index in [1.165, 1.54) is 6.42 Å². The number of nitrogens with zero attached hydrogens (tertiary/aromatic N) is 1. The van der Waals surface area contributed by atoms with Gasteiger partial charge in [-0.2, -0.15) is 11.8 Å². The van der Waals surface area contributed by atoms with Gasteiger partial charge in [0.1, 0.15) is 0 Å². The van der Waals surface area contributed by atoms with Crippen LogP contribution in [0.3, 0.4) is 0 Å². The van der Waals surface area contributed by atoms with Gasteiger partial charge in [0, 0.05) is 18.3 Å². The molecule has 1 aliphatic carbocycles. The second-order valence-corrected chi connectivity index (χ2v) is 7.37. The van der Waals surface area contributed by atoms with Gasteiger partial charge >= 0.3 is 0 Å². The number of hydrogen-bond donors (Lipinski definition) is 1. The third-order valence-corrected chi connectivity index (χ3v) is 5.50. The minimum atomic E-state index is -0.435. The van der Waals surface area contributed by atoms with Crippen molar-refractivity contribution in [1.29, 1.82) is 0 Å². The molecule has 1 aromatic rings. The van der Waals surface area contributed by atoms with E-state index in [1.807, 2.05) is 54.0 Å². The van der Waals surface area contributed by atoms with Crippen molar-refractivity contribution in [3.8, 4) is 0 Å². The van der Waals surface area contributed by atoms with Gasteiger partial charge < -0.3 is 10.6 Å². The van der Waals surface area contributed by atoms with Gasteiger partial charge in [-0.1, -0.05) is 37.3 Å². The maximum Gasteiger partial charge on any atom is 0.239 e. The smallest absolute Gasteiger partial charge is 0.239 e. The minimum absolute atomic E-state index is 0.0750. The molecule has 1 saturated carbocycles. The second kappa shape index (κ2) is 7.85. The fourth-order valence-electron chi connectivity index (χ4n) is 3.05. The van der Waals surface area contributed by atoms with Crippen LogP contribution in [0.15, 0.2) is 30.3 Å². The molecule has 3 atom stereocenters. The van der Waals surface area contributed by atoms with Crippen molar-refractivity contribution in [2.24, 2.45) is 5.73 Å². The SMILES string of the molecule is CCS[C@H]1CC[C@H](N(C)C(=O)[C@@H](N)Cc2ccccc2)C1. The van der Waals surface area contributed by atoms with Crippen molar-refractivity contribution in [1.82, 2.24) is 4.90 Å². The first-order chi connectivity index (χ1) is 10.1. The van der Waals surface area contributed by atoms with Crippen molar-refractivity contribution in [2.75, 3.05) is 12.8 Å². The highest BCUT2D eigenvalue weighted by molar-refractivity contribution is 7.99. The zero-order valence-electron chi connectivity index (χ0n) is 13.0. The van der Waals surface area contributed by atoms with Crippen LogP contribution in [0, 0.1) is 0 Å². The first-order valence-electron chi connectivity index (χ1n) is 7.79. The standard InChI is InChI=1S/C17H26N2OS/c1-3-21-15-10-9-14(12-15)19(2)17(20)16(18)11-13-7-5-4-6-8-13/h4-8,14-16H,3,9-12,18H2,1-2H3/t14-,15-,16-/m0/s1. The van der Waals surface area contributed by atoms with Crippen molar-refractivity contribution in [3.05, 3.63) is 35.9 Å². The van der Waals surface area contributed by atoms with Crippen LogP contribution >= 0.6 is 11.8 Å². The lowest BCUT2D eigenvalue weighted by Crippen LogP contribution is -2.46. The Balaban J connectivity index is 1.87. The molecular weight excluding hydrogens is 280 g/mol.